The van der Waals surface area contributed by atoms with E-state index in [0.717, 1.165) is 19.3 Å². The Hall–Kier alpha value is -2.38. The van der Waals surface area contributed by atoms with E-state index in [-0.39, 0.29) is 18.2 Å². The minimum absolute atomic E-state index is 0.0991. The Morgan fingerprint density at radius 1 is 0.969 bits per heavy atom. The number of carbonyl (C=O) groups is 3. The average molecular weight is 451 g/mol. The van der Waals surface area contributed by atoms with Crippen LogP contribution >= 0.6 is 0 Å². The van der Waals surface area contributed by atoms with Crippen molar-refractivity contribution in [3.05, 3.63) is 18.2 Å². The second-order valence-corrected chi connectivity index (χ2v) is 9.01. The summed E-state index contributed by atoms with van der Waals surface area (Å²) in [5.74, 6) is -1.58. The molecule has 32 heavy (non-hydrogen) atoms. The molecule has 0 fully saturated rings. The molecule has 1 heterocycles. The van der Waals surface area contributed by atoms with E-state index < -0.39 is 24.0 Å². The number of unbranched alkanes of at least 4 members (excludes halogenated alkanes) is 8. The first kappa shape index (κ1) is 27.7. The number of aromatic amines is 1. The molecular weight excluding hydrogens is 408 g/mol. The molecule has 2 atom stereocenters. The van der Waals surface area contributed by atoms with Crippen LogP contribution in [0.15, 0.2) is 12.5 Å². The topological polar surface area (TPSA) is 124 Å². The first-order valence-corrected chi connectivity index (χ1v) is 12.1. The summed E-state index contributed by atoms with van der Waals surface area (Å²) < 4.78 is 0. The van der Waals surface area contributed by atoms with Crippen LogP contribution in [-0.2, 0) is 20.8 Å². The summed E-state index contributed by atoms with van der Waals surface area (Å²) in [5, 5.41) is 14.9. The van der Waals surface area contributed by atoms with Gasteiger partial charge >= 0.3 is 5.97 Å². The first-order chi connectivity index (χ1) is 15.3. The van der Waals surface area contributed by atoms with E-state index in [4.69, 9.17) is 0 Å². The highest BCUT2D eigenvalue weighted by Crippen LogP contribution is 2.11. The lowest BCUT2D eigenvalue weighted by Crippen LogP contribution is -2.52. The van der Waals surface area contributed by atoms with Crippen LogP contribution in [-0.4, -0.2) is 44.9 Å². The predicted octanol–water partition coefficient (Wildman–Crippen LogP) is 3.97. The second kappa shape index (κ2) is 16.3. The maximum absolute atomic E-state index is 12.8. The standard InChI is InChI=1S/C24H42N4O4/c1-4-5-6-7-8-9-10-11-12-13-22(29)27-20(14-18(2)3)23(30)28-21(24(31)32)15-19-16-25-17-26-19/h16-18,20-21H,4-15H2,1-3H3,(H,25,26)(H,27,29)(H,28,30)(H,31,32)/t20-,21-/m0/s1. The number of hydrogen-bond donors (Lipinski definition) is 4. The molecule has 0 unspecified atom stereocenters. The highest BCUT2D eigenvalue weighted by molar-refractivity contribution is 5.90. The molecule has 0 aliphatic rings. The van der Waals surface area contributed by atoms with E-state index in [1.54, 1.807) is 0 Å². The zero-order valence-electron chi connectivity index (χ0n) is 20.0. The lowest BCUT2D eigenvalue weighted by molar-refractivity contribution is -0.142. The van der Waals surface area contributed by atoms with Crippen LogP contribution in [0.2, 0.25) is 0 Å². The minimum Gasteiger partial charge on any atom is -0.480 e. The van der Waals surface area contributed by atoms with Gasteiger partial charge in [-0.1, -0.05) is 72.1 Å². The van der Waals surface area contributed by atoms with Crippen LogP contribution in [0, 0.1) is 5.92 Å². The van der Waals surface area contributed by atoms with Crippen molar-refractivity contribution in [3.8, 4) is 0 Å². The van der Waals surface area contributed by atoms with Gasteiger partial charge in [-0.05, 0) is 18.8 Å². The van der Waals surface area contributed by atoms with Gasteiger partial charge in [0, 0.05) is 24.7 Å². The summed E-state index contributed by atoms with van der Waals surface area (Å²) in [6.07, 6.45) is 14.5. The molecule has 182 valence electrons. The number of imidazole rings is 1. The van der Waals surface area contributed by atoms with E-state index >= 15 is 0 Å². The van der Waals surface area contributed by atoms with Gasteiger partial charge in [0.25, 0.3) is 0 Å². The summed E-state index contributed by atoms with van der Waals surface area (Å²) in [4.78, 5) is 43.5. The quantitative estimate of drug-likeness (QED) is 0.252. The van der Waals surface area contributed by atoms with Crippen LogP contribution in [0.5, 0.6) is 0 Å². The number of carbonyl (C=O) groups excluding carboxylic acids is 2. The van der Waals surface area contributed by atoms with Gasteiger partial charge in [0.15, 0.2) is 0 Å². The Morgan fingerprint density at radius 3 is 2.12 bits per heavy atom. The molecule has 0 saturated carbocycles. The van der Waals surface area contributed by atoms with Gasteiger partial charge in [0.2, 0.25) is 11.8 Å². The predicted molar refractivity (Wildman–Crippen MR) is 125 cm³/mol. The van der Waals surface area contributed by atoms with Crippen molar-refractivity contribution >= 4 is 17.8 Å². The van der Waals surface area contributed by atoms with Gasteiger partial charge in [0.1, 0.15) is 12.1 Å². The Bertz CT molecular complexity index is 661. The van der Waals surface area contributed by atoms with E-state index in [1.807, 2.05) is 13.8 Å². The molecule has 2 amide bonds. The lowest BCUT2D eigenvalue weighted by Gasteiger charge is -2.22. The minimum atomic E-state index is -1.13. The Kier molecular flexibility index (Phi) is 14.1. The molecule has 0 aliphatic carbocycles. The molecule has 0 aliphatic heterocycles. The molecule has 8 heteroatoms. The van der Waals surface area contributed by atoms with E-state index in [2.05, 4.69) is 27.5 Å². The van der Waals surface area contributed by atoms with E-state index in [0.29, 0.717) is 18.5 Å². The molecule has 8 nitrogen and oxygen atoms in total. The van der Waals surface area contributed by atoms with E-state index in [1.165, 1.54) is 51.0 Å². The molecule has 1 rings (SSSR count). The fourth-order valence-corrected chi connectivity index (χ4v) is 3.65. The number of H-pyrrole nitrogens is 1. The van der Waals surface area contributed by atoms with Crippen molar-refractivity contribution in [1.29, 1.82) is 0 Å². The second-order valence-electron chi connectivity index (χ2n) is 9.01. The number of nitrogens with zero attached hydrogens (tertiary/aromatic N) is 1. The Balaban J connectivity index is 2.43. The maximum atomic E-state index is 12.8. The largest absolute Gasteiger partial charge is 0.480 e. The highest BCUT2D eigenvalue weighted by atomic mass is 16.4. The number of rotatable bonds is 18. The van der Waals surface area contributed by atoms with Gasteiger partial charge in [0.05, 0.1) is 6.33 Å². The number of carboxylic acids is 1. The molecular formula is C24H42N4O4. The van der Waals surface area contributed by atoms with Gasteiger partial charge in [-0.2, -0.15) is 0 Å². The average Bonchev–Trinajstić information content (AvgIpc) is 3.24. The van der Waals surface area contributed by atoms with Crippen molar-refractivity contribution in [2.75, 3.05) is 0 Å². The Labute approximate surface area is 192 Å². The van der Waals surface area contributed by atoms with Crippen LogP contribution in [0.3, 0.4) is 0 Å². The molecule has 0 saturated heterocycles. The zero-order valence-corrected chi connectivity index (χ0v) is 20.0. The van der Waals surface area contributed by atoms with Gasteiger partial charge < -0.3 is 20.7 Å². The van der Waals surface area contributed by atoms with Crippen molar-refractivity contribution in [2.24, 2.45) is 5.92 Å². The highest BCUT2D eigenvalue weighted by Gasteiger charge is 2.27. The monoisotopic (exact) mass is 450 g/mol. The van der Waals surface area contributed by atoms with Crippen molar-refractivity contribution in [1.82, 2.24) is 20.6 Å². The molecule has 0 bridgehead atoms. The SMILES string of the molecule is CCCCCCCCCCCC(=O)N[C@@H](CC(C)C)C(=O)N[C@@H](Cc1cnc[nH]1)C(=O)O. The summed E-state index contributed by atoms with van der Waals surface area (Å²) in [6, 6.07) is -1.84. The number of carboxylic acid groups (broad SMARTS) is 1. The fourth-order valence-electron chi connectivity index (χ4n) is 3.65. The summed E-state index contributed by atoms with van der Waals surface area (Å²) >= 11 is 0. The summed E-state index contributed by atoms with van der Waals surface area (Å²) in [7, 11) is 0. The third-order valence-corrected chi connectivity index (χ3v) is 5.46. The normalized spacial score (nSPS) is 13.0. The number of aliphatic carboxylic acids is 1. The van der Waals surface area contributed by atoms with Crippen molar-refractivity contribution in [2.45, 2.75) is 110 Å². The fraction of sp³-hybridized carbons (Fsp3) is 0.750. The van der Waals surface area contributed by atoms with Crippen molar-refractivity contribution in [3.63, 3.8) is 0 Å². The number of aromatic nitrogens is 2. The Morgan fingerprint density at radius 2 is 1.59 bits per heavy atom. The van der Waals surface area contributed by atoms with Crippen LogP contribution in [0.4, 0.5) is 0 Å². The van der Waals surface area contributed by atoms with Gasteiger partial charge in [-0.15, -0.1) is 0 Å². The smallest absolute Gasteiger partial charge is 0.326 e. The van der Waals surface area contributed by atoms with E-state index in [9.17, 15) is 19.5 Å². The molecule has 0 spiro atoms. The molecule has 4 N–H and O–H groups in total. The number of nitrogens with one attached hydrogen (secondary N) is 3. The maximum Gasteiger partial charge on any atom is 0.326 e. The summed E-state index contributed by atoms with van der Waals surface area (Å²) in [6.45, 7) is 6.14. The molecule has 1 aromatic heterocycles. The lowest BCUT2D eigenvalue weighted by atomic mass is 10.0. The summed E-state index contributed by atoms with van der Waals surface area (Å²) in [5.41, 5.74) is 0.618. The molecule has 0 radical (unpaired) electrons. The third-order valence-electron chi connectivity index (χ3n) is 5.46. The molecule has 0 aromatic carbocycles. The van der Waals surface area contributed by atoms with Crippen molar-refractivity contribution < 1.29 is 19.5 Å². The van der Waals surface area contributed by atoms with Crippen LogP contribution in [0.1, 0.15) is 97.1 Å². The van der Waals surface area contributed by atoms with Crippen LogP contribution in [0.25, 0.3) is 0 Å². The van der Waals surface area contributed by atoms with Crippen LogP contribution < -0.4 is 10.6 Å². The van der Waals surface area contributed by atoms with Gasteiger partial charge in [-0.25, -0.2) is 9.78 Å². The van der Waals surface area contributed by atoms with Gasteiger partial charge in [-0.3, -0.25) is 9.59 Å². The zero-order chi connectivity index (χ0) is 23.8. The number of hydrogen-bond acceptors (Lipinski definition) is 4. The first-order valence-electron chi connectivity index (χ1n) is 12.1. The third kappa shape index (κ3) is 12.5. The number of amides is 2. The molecule has 1 aromatic rings.